The highest BCUT2D eigenvalue weighted by Crippen LogP contribution is 2.52. The molecule has 1 unspecified atom stereocenters. The summed E-state index contributed by atoms with van der Waals surface area (Å²) in [5, 5.41) is 0.879. The van der Waals surface area contributed by atoms with Crippen LogP contribution in [0, 0.1) is 5.41 Å². The second-order valence-corrected chi connectivity index (χ2v) is 14.1. The first-order valence-corrected chi connectivity index (χ1v) is 14.8. The van der Waals surface area contributed by atoms with E-state index < -0.39 is 11.0 Å². The summed E-state index contributed by atoms with van der Waals surface area (Å²) in [6.45, 7) is 7.76. The second kappa shape index (κ2) is 9.63. The van der Waals surface area contributed by atoms with Crippen LogP contribution in [0.1, 0.15) is 50.8 Å². The molecule has 1 fully saturated rings. The van der Waals surface area contributed by atoms with E-state index in [1.54, 1.807) is 12.3 Å². The minimum Gasteiger partial charge on any atom is -0.436 e. The van der Waals surface area contributed by atoms with Gasteiger partial charge in [0.1, 0.15) is 11.3 Å². The van der Waals surface area contributed by atoms with Gasteiger partial charge in [-0.25, -0.2) is 18.9 Å². The summed E-state index contributed by atoms with van der Waals surface area (Å²) < 4.78 is 22.4. The molecule has 2 aromatic carbocycles. The Kier molecular flexibility index (Phi) is 6.54. The fourth-order valence-electron chi connectivity index (χ4n) is 5.69. The maximum Gasteiger partial charge on any atom is 0.228 e. The molecule has 4 aromatic rings. The molecule has 2 aliphatic rings. The third kappa shape index (κ3) is 4.53. The van der Waals surface area contributed by atoms with Gasteiger partial charge in [0.05, 0.1) is 43.6 Å². The van der Waals surface area contributed by atoms with Gasteiger partial charge in [0.2, 0.25) is 5.89 Å². The smallest absolute Gasteiger partial charge is 0.228 e. The summed E-state index contributed by atoms with van der Waals surface area (Å²) in [6.07, 6.45) is 4.69. The van der Waals surface area contributed by atoms with Gasteiger partial charge < -0.3 is 9.32 Å². The van der Waals surface area contributed by atoms with E-state index in [2.05, 4.69) is 38.9 Å². The largest absolute Gasteiger partial charge is 0.436 e. The van der Waals surface area contributed by atoms with Crippen molar-refractivity contribution in [2.24, 2.45) is 5.41 Å². The molecule has 1 aliphatic heterocycles. The van der Waals surface area contributed by atoms with E-state index in [4.69, 9.17) is 32.6 Å². The fraction of sp³-hybridized carbons (Fsp3) is 0.379. The van der Waals surface area contributed by atoms with Crippen LogP contribution in [-0.2, 0) is 17.4 Å². The molecule has 6 rings (SSSR count). The summed E-state index contributed by atoms with van der Waals surface area (Å²) in [4.78, 5) is 11.6. The van der Waals surface area contributed by atoms with Crippen molar-refractivity contribution in [1.82, 2.24) is 14.7 Å². The first-order valence-electron chi connectivity index (χ1n) is 12.9. The van der Waals surface area contributed by atoms with Crippen LogP contribution in [0.4, 0.5) is 5.82 Å². The van der Waals surface area contributed by atoms with Crippen molar-refractivity contribution in [3.05, 3.63) is 75.9 Å². The number of halogens is 2. The number of aromatic nitrogens is 2. The van der Waals surface area contributed by atoms with Crippen molar-refractivity contribution in [2.45, 2.75) is 50.8 Å². The number of rotatable bonds is 4. The predicted molar refractivity (Wildman–Crippen MR) is 155 cm³/mol. The quantitative estimate of drug-likeness (QED) is 0.283. The van der Waals surface area contributed by atoms with E-state index in [1.807, 2.05) is 39.0 Å². The molecule has 1 aliphatic carbocycles. The van der Waals surface area contributed by atoms with Gasteiger partial charge in [-0.2, -0.15) is 0 Å². The Balaban J connectivity index is 1.24. The number of hydrogen-bond acceptors (Lipinski definition) is 5. The Morgan fingerprint density at radius 1 is 1.11 bits per heavy atom. The molecule has 0 amide bonds. The molecule has 9 heteroatoms. The Hall–Kier alpha value is -2.45. The molecule has 1 saturated heterocycles. The molecule has 1 N–H and O–H groups in total. The summed E-state index contributed by atoms with van der Waals surface area (Å²) in [5.41, 5.74) is 4.66. The van der Waals surface area contributed by atoms with E-state index in [9.17, 15) is 4.21 Å². The highest BCUT2D eigenvalue weighted by molar-refractivity contribution is 7.84. The third-order valence-corrected chi connectivity index (χ3v) is 10.2. The third-order valence-electron chi connectivity index (χ3n) is 7.83. The number of piperidine rings is 1. The Bertz CT molecular complexity index is 1540. The average molecular weight is 570 g/mol. The number of anilines is 1. The van der Waals surface area contributed by atoms with E-state index in [1.165, 1.54) is 11.1 Å². The fourth-order valence-corrected chi connectivity index (χ4v) is 7.01. The number of fused-ring (bicyclic) bond motifs is 2. The maximum absolute atomic E-state index is 13.2. The van der Waals surface area contributed by atoms with Gasteiger partial charge in [-0.1, -0.05) is 53.5 Å². The van der Waals surface area contributed by atoms with Gasteiger partial charge in [0, 0.05) is 19.2 Å². The number of pyridine rings is 1. The van der Waals surface area contributed by atoms with Crippen molar-refractivity contribution < 1.29 is 8.63 Å². The van der Waals surface area contributed by atoms with Crippen molar-refractivity contribution >= 4 is 51.1 Å². The highest BCUT2D eigenvalue weighted by atomic mass is 35.5. The zero-order valence-corrected chi connectivity index (χ0v) is 24.0. The lowest BCUT2D eigenvalue weighted by molar-refractivity contribution is 0.177. The monoisotopic (exact) mass is 568 g/mol. The molecule has 2 atom stereocenters. The predicted octanol–water partition coefficient (Wildman–Crippen LogP) is 7.13. The first kappa shape index (κ1) is 25.8. The molecule has 0 bridgehead atoms. The van der Waals surface area contributed by atoms with Crippen LogP contribution in [-0.4, -0.2) is 32.0 Å². The van der Waals surface area contributed by atoms with Crippen LogP contribution in [0.5, 0.6) is 0 Å². The van der Waals surface area contributed by atoms with Gasteiger partial charge >= 0.3 is 0 Å². The van der Waals surface area contributed by atoms with Crippen LogP contribution >= 0.6 is 23.2 Å². The lowest BCUT2D eigenvalue weighted by atomic mass is 9.73. The summed E-state index contributed by atoms with van der Waals surface area (Å²) in [6, 6.07) is 16.0. The van der Waals surface area contributed by atoms with E-state index in [0.29, 0.717) is 32.6 Å². The van der Waals surface area contributed by atoms with Gasteiger partial charge in [-0.05, 0) is 68.7 Å². The van der Waals surface area contributed by atoms with Gasteiger partial charge in [-0.15, -0.1) is 0 Å². The molecular formula is C29H30Cl2N4O2S. The lowest BCUT2D eigenvalue weighted by Crippen LogP contribution is -2.48. The molecule has 0 radical (unpaired) electrons. The number of hydrogen-bond donors (Lipinski definition) is 1. The van der Waals surface area contributed by atoms with E-state index >= 15 is 0 Å². The number of nitrogens with one attached hydrogen (secondary N) is 1. The molecular weight excluding hydrogens is 539 g/mol. The SMILES string of the molecule is CC(C)(C)S(=O)N[C@@H]1c2ccccc2CC12CCN(c1cc3oc(-c4cccc(Cl)c4Cl)nc3cn1)CC2. The second-order valence-electron chi connectivity index (χ2n) is 11.3. The number of benzene rings is 2. The zero-order chi connectivity index (χ0) is 26.7. The molecule has 1 spiro atoms. The lowest BCUT2D eigenvalue weighted by Gasteiger charge is -2.44. The minimum absolute atomic E-state index is 0.0218. The molecule has 198 valence electrons. The zero-order valence-electron chi connectivity index (χ0n) is 21.6. The van der Waals surface area contributed by atoms with Crippen LogP contribution in [0.3, 0.4) is 0 Å². The number of oxazole rings is 1. The average Bonchev–Trinajstić information content (AvgIpc) is 3.44. The van der Waals surface area contributed by atoms with Gasteiger partial charge in [0.25, 0.3) is 0 Å². The van der Waals surface area contributed by atoms with E-state index in [-0.39, 0.29) is 16.2 Å². The van der Waals surface area contributed by atoms with Crippen molar-refractivity contribution in [3.8, 4) is 11.5 Å². The first-order chi connectivity index (χ1) is 18.1. The van der Waals surface area contributed by atoms with E-state index in [0.717, 1.165) is 38.2 Å². The summed E-state index contributed by atoms with van der Waals surface area (Å²) in [5.74, 6) is 1.29. The van der Waals surface area contributed by atoms with Crippen LogP contribution in [0.15, 0.2) is 59.1 Å². The van der Waals surface area contributed by atoms with Crippen LogP contribution in [0.2, 0.25) is 10.0 Å². The molecule has 2 aromatic heterocycles. The number of nitrogens with zero attached hydrogens (tertiary/aromatic N) is 3. The van der Waals surface area contributed by atoms with Crippen molar-refractivity contribution in [3.63, 3.8) is 0 Å². The highest BCUT2D eigenvalue weighted by Gasteiger charge is 2.48. The molecule has 38 heavy (non-hydrogen) atoms. The summed E-state index contributed by atoms with van der Waals surface area (Å²) >= 11 is 12.6. The van der Waals surface area contributed by atoms with Crippen molar-refractivity contribution in [2.75, 3.05) is 18.0 Å². The van der Waals surface area contributed by atoms with Gasteiger partial charge in [-0.3, -0.25) is 0 Å². The van der Waals surface area contributed by atoms with Gasteiger partial charge in [0.15, 0.2) is 5.58 Å². The molecule has 6 nitrogen and oxygen atoms in total. The topological polar surface area (TPSA) is 71.3 Å². The maximum atomic E-state index is 13.2. The Labute approximate surface area is 235 Å². The Morgan fingerprint density at radius 3 is 2.63 bits per heavy atom. The Morgan fingerprint density at radius 2 is 1.87 bits per heavy atom. The molecule has 3 heterocycles. The minimum atomic E-state index is -1.15. The normalized spacial score (nSPS) is 19.7. The van der Waals surface area contributed by atoms with Crippen LogP contribution in [0.25, 0.3) is 22.6 Å². The van der Waals surface area contributed by atoms with Crippen molar-refractivity contribution in [1.29, 1.82) is 0 Å². The summed E-state index contributed by atoms with van der Waals surface area (Å²) in [7, 11) is -1.15. The molecule has 0 saturated carbocycles. The standard InChI is InChI=1S/C29H30Cl2N4O2S/c1-28(2,3)38(36)34-26-19-8-5-4-7-18(19)16-29(26)11-13-35(14-12-29)24-15-23-22(17-32-24)33-27(37-23)20-9-6-10-21(30)25(20)31/h4-10,15,17,26,34H,11-14,16H2,1-3H3/t26-,38?/m1/s1. The van der Waals surface area contributed by atoms with Crippen LogP contribution < -0.4 is 9.62 Å².